The predicted molar refractivity (Wildman–Crippen MR) is 69.0 cm³/mol. The predicted octanol–water partition coefficient (Wildman–Crippen LogP) is 1.98. The Hall–Kier alpha value is -2.14. The van der Waals surface area contributed by atoms with Gasteiger partial charge in [-0.1, -0.05) is 11.6 Å². The van der Waals surface area contributed by atoms with E-state index in [0.717, 1.165) is 5.56 Å². The van der Waals surface area contributed by atoms with Crippen molar-refractivity contribution in [2.75, 3.05) is 5.32 Å². The minimum atomic E-state index is -0.371. The molecule has 2 N–H and O–H groups in total. The summed E-state index contributed by atoms with van der Waals surface area (Å²) in [7, 11) is 0. The lowest BCUT2D eigenvalue weighted by atomic mass is 10.2. The molecule has 0 aromatic carbocycles. The maximum absolute atomic E-state index is 11.8. The summed E-state index contributed by atoms with van der Waals surface area (Å²) in [5, 5.41) is 3.03. The van der Waals surface area contributed by atoms with Gasteiger partial charge in [-0.25, -0.2) is 4.98 Å². The number of pyridine rings is 2. The molecule has 0 saturated heterocycles. The molecule has 0 aliphatic carbocycles. The fourth-order valence-corrected chi connectivity index (χ4v) is 1.52. The molecule has 2 heterocycles. The van der Waals surface area contributed by atoms with Gasteiger partial charge in [0.15, 0.2) is 0 Å². The average Bonchev–Trinajstić information content (AvgIpc) is 2.34. The van der Waals surface area contributed by atoms with Crippen molar-refractivity contribution in [3.05, 3.63) is 57.2 Å². The van der Waals surface area contributed by atoms with E-state index in [4.69, 9.17) is 11.6 Å². The number of aromatic nitrogens is 2. The van der Waals surface area contributed by atoms with Crippen LogP contribution in [0.3, 0.4) is 0 Å². The van der Waals surface area contributed by atoms with Crippen molar-refractivity contribution < 1.29 is 4.79 Å². The lowest BCUT2D eigenvalue weighted by Gasteiger charge is -2.06. The zero-order valence-electron chi connectivity index (χ0n) is 9.53. The number of hydrogen-bond donors (Lipinski definition) is 2. The van der Waals surface area contributed by atoms with E-state index in [0.29, 0.717) is 10.8 Å². The number of amides is 1. The summed E-state index contributed by atoms with van der Waals surface area (Å²) in [5.74, 6) is -0.371. The van der Waals surface area contributed by atoms with Gasteiger partial charge in [-0.05, 0) is 24.6 Å². The molecule has 92 valence electrons. The zero-order chi connectivity index (χ0) is 13.1. The smallest absolute Gasteiger partial charge is 0.255 e. The van der Waals surface area contributed by atoms with Crippen LogP contribution in [-0.4, -0.2) is 15.9 Å². The van der Waals surface area contributed by atoms with Crippen molar-refractivity contribution in [3.63, 3.8) is 0 Å². The molecular weight excluding hydrogens is 254 g/mol. The van der Waals surface area contributed by atoms with Crippen LogP contribution in [-0.2, 0) is 0 Å². The quantitative estimate of drug-likeness (QED) is 0.814. The fourth-order valence-electron chi connectivity index (χ4n) is 1.42. The highest BCUT2D eigenvalue weighted by molar-refractivity contribution is 6.30. The number of anilines is 1. The average molecular weight is 264 g/mol. The zero-order valence-corrected chi connectivity index (χ0v) is 10.3. The van der Waals surface area contributed by atoms with E-state index in [9.17, 15) is 9.59 Å². The summed E-state index contributed by atoms with van der Waals surface area (Å²) in [5.41, 5.74) is 1.25. The minimum absolute atomic E-state index is 0.284. The van der Waals surface area contributed by atoms with Crippen LogP contribution in [0.25, 0.3) is 0 Å². The molecule has 0 unspecified atom stereocenters. The Bertz CT molecular complexity index is 652. The number of H-pyrrole nitrogens is 1. The Kier molecular flexibility index (Phi) is 3.43. The van der Waals surface area contributed by atoms with Gasteiger partial charge in [-0.15, -0.1) is 0 Å². The largest absolute Gasteiger partial charge is 0.329 e. The number of nitrogens with zero attached hydrogens (tertiary/aromatic N) is 1. The summed E-state index contributed by atoms with van der Waals surface area (Å²) in [6, 6.07) is 4.46. The van der Waals surface area contributed by atoms with E-state index >= 15 is 0 Å². The van der Waals surface area contributed by atoms with Crippen LogP contribution >= 0.6 is 11.6 Å². The number of hydrogen-bond acceptors (Lipinski definition) is 3. The molecule has 0 fully saturated rings. The standard InChI is InChI=1S/C12H10ClN3O2/c1-7-4-9(6-15-11(7)13)16-12(18)8-2-3-14-10(17)5-8/h2-6H,1H3,(H,14,17)(H,16,18). The molecule has 0 bridgehead atoms. The Morgan fingerprint density at radius 3 is 2.89 bits per heavy atom. The number of nitrogens with one attached hydrogen (secondary N) is 2. The second kappa shape index (κ2) is 5.01. The van der Waals surface area contributed by atoms with E-state index in [1.807, 2.05) is 0 Å². The number of carbonyl (C=O) groups is 1. The number of halogens is 1. The van der Waals surface area contributed by atoms with Gasteiger partial charge in [-0.3, -0.25) is 9.59 Å². The summed E-state index contributed by atoms with van der Waals surface area (Å²) in [4.78, 5) is 29.3. The van der Waals surface area contributed by atoms with E-state index in [-0.39, 0.29) is 17.0 Å². The van der Waals surface area contributed by atoms with Gasteiger partial charge in [0, 0.05) is 17.8 Å². The van der Waals surface area contributed by atoms with Gasteiger partial charge in [-0.2, -0.15) is 0 Å². The third kappa shape index (κ3) is 2.75. The van der Waals surface area contributed by atoms with Crippen molar-refractivity contribution in [3.8, 4) is 0 Å². The number of aryl methyl sites for hydroxylation is 1. The van der Waals surface area contributed by atoms with Crippen molar-refractivity contribution >= 4 is 23.2 Å². The lowest BCUT2D eigenvalue weighted by Crippen LogP contribution is -2.15. The highest BCUT2D eigenvalue weighted by Gasteiger charge is 2.07. The molecule has 1 amide bonds. The molecule has 2 aromatic rings. The van der Waals surface area contributed by atoms with Gasteiger partial charge in [0.1, 0.15) is 5.15 Å². The molecular formula is C12H10ClN3O2. The fraction of sp³-hybridized carbons (Fsp3) is 0.0833. The van der Waals surface area contributed by atoms with Gasteiger partial charge in [0.2, 0.25) is 5.56 Å². The number of carbonyl (C=O) groups excluding carboxylic acids is 1. The first-order chi connectivity index (χ1) is 8.56. The topological polar surface area (TPSA) is 74.8 Å². The maximum atomic E-state index is 11.8. The molecule has 0 aliphatic heterocycles. The van der Waals surface area contributed by atoms with E-state index in [2.05, 4.69) is 15.3 Å². The SMILES string of the molecule is Cc1cc(NC(=O)c2cc[nH]c(=O)c2)cnc1Cl. The van der Waals surface area contributed by atoms with Gasteiger partial charge < -0.3 is 10.3 Å². The van der Waals surface area contributed by atoms with Crippen molar-refractivity contribution in [2.45, 2.75) is 6.92 Å². The van der Waals surface area contributed by atoms with E-state index in [1.165, 1.54) is 24.5 Å². The highest BCUT2D eigenvalue weighted by Crippen LogP contribution is 2.16. The van der Waals surface area contributed by atoms with E-state index < -0.39 is 0 Å². The Balaban J connectivity index is 2.21. The third-order valence-electron chi connectivity index (χ3n) is 2.31. The first-order valence-corrected chi connectivity index (χ1v) is 5.56. The second-order valence-corrected chi connectivity index (χ2v) is 4.09. The Morgan fingerprint density at radius 1 is 1.44 bits per heavy atom. The van der Waals surface area contributed by atoms with Gasteiger partial charge in [0.25, 0.3) is 5.91 Å². The molecule has 18 heavy (non-hydrogen) atoms. The maximum Gasteiger partial charge on any atom is 0.255 e. The molecule has 2 rings (SSSR count). The minimum Gasteiger partial charge on any atom is -0.329 e. The lowest BCUT2D eigenvalue weighted by molar-refractivity contribution is 0.102. The number of rotatable bonds is 2. The monoisotopic (exact) mass is 263 g/mol. The normalized spacial score (nSPS) is 10.1. The van der Waals surface area contributed by atoms with Crippen molar-refractivity contribution in [2.24, 2.45) is 0 Å². The van der Waals surface area contributed by atoms with Crippen molar-refractivity contribution in [1.29, 1.82) is 0 Å². The number of aromatic amines is 1. The molecule has 0 radical (unpaired) electrons. The van der Waals surface area contributed by atoms with Gasteiger partial charge >= 0.3 is 0 Å². The third-order valence-corrected chi connectivity index (χ3v) is 2.71. The van der Waals surface area contributed by atoms with Crippen LogP contribution in [0.2, 0.25) is 5.15 Å². The molecule has 0 saturated carbocycles. The molecule has 6 heteroatoms. The molecule has 0 spiro atoms. The summed E-state index contributed by atoms with van der Waals surface area (Å²) in [6.07, 6.45) is 2.88. The van der Waals surface area contributed by atoms with Crippen LogP contribution in [0.1, 0.15) is 15.9 Å². The first-order valence-electron chi connectivity index (χ1n) is 5.18. The second-order valence-electron chi connectivity index (χ2n) is 3.73. The summed E-state index contributed by atoms with van der Waals surface area (Å²) >= 11 is 5.79. The van der Waals surface area contributed by atoms with Crippen LogP contribution < -0.4 is 10.9 Å². The molecule has 5 nitrogen and oxygen atoms in total. The molecule has 0 atom stereocenters. The first kappa shape index (κ1) is 12.3. The highest BCUT2D eigenvalue weighted by atomic mass is 35.5. The molecule has 0 aliphatic rings. The van der Waals surface area contributed by atoms with E-state index in [1.54, 1.807) is 13.0 Å². The van der Waals surface area contributed by atoms with Crippen molar-refractivity contribution in [1.82, 2.24) is 9.97 Å². The van der Waals surface area contributed by atoms with Crippen LogP contribution in [0.4, 0.5) is 5.69 Å². The van der Waals surface area contributed by atoms with Crippen LogP contribution in [0, 0.1) is 6.92 Å². The Labute approximate surface area is 108 Å². The van der Waals surface area contributed by atoms with Crippen LogP contribution in [0.15, 0.2) is 35.4 Å². The Morgan fingerprint density at radius 2 is 2.22 bits per heavy atom. The summed E-state index contributed by atoms with van der Waals surface area (Å²) < 4.78 is 0. The molecule has 2 aromatic heterocycles. The van der Waals surface area contributed by atoms with Gasteiger partial charge in [0.05, 0.1) is 11.9 Å². The summed E-state index contributed by atoms with van der Waals surface area (Å²) in [6.45, 7) is 1.79. The van der Waals surface area contributed by atoms with Crippen LogP contribution in [0.5, 0.6) is 0 Å².